The highest BCUT2D eigenvalue weighted by Gasteiger charge is 2.33. The molecule has 0 radical (unpaired) electrons. The van der Waals surface area contributed by atoms with Crippen molar-refractivity contribution >= 4 is 16.9 Å². The van der Waals surface area contributed by atoms with E-state index in [1.807, 2.05) is 6.92 Å². The standard InChI is InChI=1S/C14H24OS/c1-4-9-14(16-13(15)12(2)3)10-7-5-6-8-11-14/h2,4-11H2,1,3H3. The summed E-state index contributed by atoms with van der Waals surface area (Å²) in [6.07, 6.45) is 10.0. The van der Waals surface area contributed by atoms with Crippen LogP contribution in [-0.4, -0.2) is 9.86 Å². The lowest BCUT2D eigenvalue weighted by Crippen LogP contribution is -2.26. The van der Waals surface area contributed by atoms with Crippen LogP contribution in [0, 0.1) is 0 Å². The summed E-state index contributed by atoms with van der Waals surface area (Å²) in [5.74, 6) is 0. The fourth-order valence-electron chi connectivity index (χ4n) is 2.52. The second-order valence-electron chi connectivity index (χ2n) is 5.02. The van der Waals surface area contributed by atoms with Gasteiger partial charge >= 0.3 is 0 Å². The Morgan fingerprint density at radius 2 is 1.81 bits per heavy atom. The molecule has 0 spiro atoms. The summed E-state index contributed by atoms with van der Waals surface area (Å²) in [5.41, 5.74) is 0.699. The Kier molecular flexibility index (Phi) is 5.60. The fourth-order valence-corrected chi connectivity index (χ4v) is 3.88. The van der Waals surface area contributed by atoms with Gasteiger partial charge in [0.1, 0.15) is 0 Å². The molecule has 0 saturated heterocycles. The van der Waals surface area contributed by atoms with Gasteiger partial charge in [-0.3, -0.25) is 4.79 Å². The lowest BCUT2D eigenvalue weighted by atomic mass is 9.94. The van der Waals surface area contributed by atoms with Crippen LogP contribution in [-0.2, 0) is 4.79 Å². The smallest absolute Gasteiger partial charge is 0.214 e. The number of carbonyl (C=O) groups excluding carboxylic acids is 1. The minimum absolute atomic E-state index is 0.204. The minimum Gasteiger partial charge on any atom is -0.282 e. The molecule has 2 heteroatoms. The van der Waals surface area contributed by atoms with Crippen LogP contribution in [0.3, 0.4) is 0 Å². The van der Waals surface area contributed by atoms with Gasteiger partial charge in [0.2, 0.25) is 5.12 Å². The van der Waals surface area contributed by atoms with Gasteiger partial charge in [-0.05, 0) is 31.8 Å². The number of carbonyl (C=O) groups is 1. The largest absolute Gasteiger partial charge is 0.282 e. The first-order valence-electron chi connectivity index (χ1n) is 6.48. The van der Waals surface area contributed by atoms with Crippen molar-refractivity contribution < 1.29 is 4.79 Å². The van der Waals surface area contributed by atoms with E-state index in [-0.39, 0.29) is 9.86 Å². The maximum Gasteiger partial charge on any atom is 0.214 e. The van der Waals surface area contributed by atoms with Gasteiger partial charge in [-0.25, -0.2) is 0 Å². The molecule has 0 aromatic carbocycles. The van der Waals surface area contributed by atoms with Crippen molar-refractivity contribution in [2.75, 3.05) is 0 Å². The van der Waals surface area contributed by atoms with E-state index in [2.05, 4.69) is 13.5 Å². The van der Waals surface area contributed by atoms with Gasteiger partial charge < -0.3 is 0 Å². The monoisotopic (exact) mass is 240 g/mol. The second kappa shape index (κ2) is 6.48. The quantitative estimate of drug-likeness (QED) is 0.522. The lowest BCUT2D eigenvalue weighted by molar-refractivity contribution is -0.107. The Bertz CT molecular complexity index is 249. The summed E-state index contributed by atoms with van der Waals surface area (Å²) in [5, 5.41) is 0.204. The normalized spacial score (nSPS) is 20.1. The van der Waals surface area contributed by atoms with Crippen LogP contribution in [0.2, 0.25) is 0 Å². The van der Waals surface area contributed by atoms with Gasteiger partial charge in [0, 0.05) is 4.75 Å². The zero-order valence-corrected chi connectivity index (χ0v) is 11.5. The van der Waals surface area contributed by atoms with Gasteiger partial charge in [0.05, 0.1) is 0 Å². The molecule has 0 heterocycles. The van der Waals surface area contributed by atoms with E-state index in [9.17, 15) is 4.79 Å². The maximum atomic E-state index is 11.9. The molecule has 16 heavy (non-hydrogen) atoms. The molecule has 1 saturated carbocycles. The van der Waals surface area contributed by atoms with Crippen LogP contribution in [0.15, 0.2) is 12.2 Å². The molecule has 0 bridgehead atoms. The zero-order valence-electron chi connectivity index (χ0n) is 10.7. The van der Waals surface area contributed by atoms with E-state index >= 15 is 0 Å². The molecule has 1 rings (SSSR count). The van der Waals surface area contributed by atoms with Crippen molar-refractivity contribution in [3.63, 3.8) is 0 Å². The summed E-state index contributed by atoms with van der Waals surface area (Å²) < 4.78 is 0.223. The first-order valence-corrected chi connectivity index (χ1v) is 7.30. The van der Waals surface area contributed by atoms with Crippen LogP contribution >= 0.6 is 11.8 Å². The number of hydrogen-bond acceptors (Lipinski definition) is 2. The van der Waals surface area contributed by atoms with Crippen LogP contribution in [0.5, 0.6) is 0 Å². The SMILES string of the molecule is C=C(C)C(=O)SC1(CCC)CCCCCC1. The van der Waals surface area contributed by atoms with Crippen LogP contribution in [0.4, 0.5) is 0 Å². The van der Waals surface area contributed by atoms with Gasteiger partial charge in [-0.1, -0.05) is 57.4 Å². The predicted molar refractivity (Wildman–Crippen MR) is 72.8 cm³/mol. The molecule has 92 valence electrons. The third-order valence-corrected chi connectivity index (χ3v) is 4.96. The van der Waals surface area contributed by atoms with E-state index < -0.39 is 0 Å². The Balaban J connectivity index is 2.69. The summed E-state index contributed by atoms with van der Waals surface area (Å²) in [4.78, 5) is 11.9. The first-order chi connectivity index (χ1) is 7.59. The highest BCUT2D eigenvalue weighted by atomic mass is 32.2. The number of hydrogen-bond donors (Lipinski definition) is 0. The van der Waals surface area contributed by atoms with Crippen LogP contribution < -0.4 is 0 Å². The third kappa shape index (κ3) is 3.97. The summed E-state index contributed by atoms with van der Waals surface area (Å²) in [7, 11) is 0. The van der Waals surface area contributed by atoms with E-state index in [0.717, 1.165) is 0 Å². The summed E-state index contributed by atoms with van der Waals surface area (Å²) >= 11 is 1.58. The molecule has 0 atom stereocenters. The minimum atomic E-state index is 0.204. The molecule has 1 aliphatic rings. The molecule has 0 aromatic rings. The molecule has 1 nitrogen and oxygen atoms in total. The Hall–Kier alpha value is -0.240. The molecule has 0 aromatic heterocycles. The highest BCUT2D eigenvalue weighted by Crippen LogP contribution is 2.43. The van der Waals surface area contributed by atoms with Crippen molar-refractivity contribution in [1.82, 2.24) is 0 Å². The van der Waals surface area contributed by atoms with E-state index in [1.165, 1.54) is 51.4 Å². The summed E-state index contributed by atoms with van der Waals surface area (Å²) in [6, 6.07) is 0. The Morgan fingerprint density at radius 3 is 2.25 bits per heavy atom. The van der Waals surface area contributed by atoms with Crippen LogP contribution in [0.1, 0.15) is 65.2 Å². The predicted octanol–water partition coefficient (Wildman–Crippen LogP) is 4.72. The molecule has 0 N–H and O–H groups in total. The maximum absolute atomic E-state index is 11.9. The number of rotatable bonds is 4. The Labute approximate surface area is 104 Å². The van der Waals surface area contributed by atoms with Crippen molar-refractivity contribution in [2.24, 2.45) is 0 Å². The fraction of sp³-hybridized carbons (Fsp3) is 0.786. The van der Waals surface area contributed by atoms with Crippen molar-refractivity contribution in [2.45, 2.75) is 70.0 Å². The van der Waals surface area contributed by atoms with Gasteiger partial charge in [0.25, 0.3) is 0 Å². The molecular weight excluding hydrogens is 216 g/mol. The van der Waals surface area contributed by atoms with Gasteiger partial charge in [-0.15, -0.1) is 0 Å². The lowest BCUT2D eigenvalue weighted by Gasteiger charge is -2.31. The molecule has 0 amide bonds. The van der Waals surface area contributed by atoms with Gasteiger partial charge in [-0.2, -0.15) is 0 Å². The highest BCUT2D eigenvalue weighted by molar-refractivity contribution is 8.15. The van der Waals surface area contributed by atoms with Crippen molar-refractivity contribution in [3.8, 4) is 0 Å². The van der Waals surface area contributed by atoms with Crippen molar-refractivity contribution in [3.05, 3.63) is 12.2 Å². The first kappa shape index (κ1) is 13.8. The Morgan fingerprint density at radius 1 is 1.25 bits per heavy atom. The topological polar surface area (TPSA) is 17.1 Å². The van der Waals surface area contributed by atoms with Crippen molar-refractivity contribution in [1.29, 1.82) is 0 Å². The third-order valence-electron chi connectivity index (χ3n) is 3.38. The average molecular weight is 240 g/mol. The summed E-state index contributed by atoms with van der Waals surface area (Å²) in [6.45, 7) is 7.81. The van der Waals surface area contributed by atoms with E-state index in [0.29, 0.717) is 5.57 Å². The average Bonchev–Trinajstić information content (AvgIpc) is 2.44. The molecule has 1 aliphatic carbocycles. The second-order valence-corrected chi connectivity index (χ2v) is 6.46. The molecule has 0 aliphatic heterocycles. The molecule has 0 unspecified atom stereocenters. The molecule has 1 fully saturated rings. The van der Waals surface area contributed by atoms with E-state index in [1.54, 1.807) is 11.8 Å². The number of thioether (sulfide) groups is 1. The molecular formula is C14H24OS. The van der Waals surface area contributed by atoms with Gasteiger partial charge in [0.15, 0.2) is 0 Å². The zero-order chi connectivity index (χ0) is 12.0. The van der Waals surface area contributed by atoms with Crippen LogP contribution in [0.25, 0.3) is 0 Å². The van der Waals surface area contributed by atoms with E-state index in [4.69, 9.17) is 0 Å².